The third-order valence-corrected chi connectivity index (χ3v) is 9.76. The zero-order chi connectivity index (χ0) is 48.6. The molecule has 0 spiro atoms. The number of carbonyl (C=O) groups is 3. The van der Waals surface area contributed by atoms with Crippen LogP contribution in [-0.2, 0) is 28.6 Å². The maximum Gasteiger partial charge on any atom is 0.306 e. The molecular weight excluding hydrogens is 829 g/mol. The average Bonchev–Trinajstić information content (AvgIpc) is 3.33. The van der Waals surface area contributed by atoms with Gasteiger partial charge in [-0.15, -0.1) is 0 Å². The third-order valence-electron chi connectivity index (χ3n) is 9.76. The van der Waals surface area contributed by atoms with Gasteiger partial charge in [0.15, 0.2) is 6.10 Å². The van der Waals surface area contributed by atoms with Crippen molar-refractivity contribution >= 4 is 17.9 Å². The van der Waals surface area contributed by atoms with Crippen LogP contribution in [0.3, 0.4) is 0 Å². The van der Waals surface area contributed by atoms with Gasteiger partial charge in [0.1, 0.15) is 13.2 Å². The molecule has 1 atom stereocenters. The Kier molecular flexibility index (Phi) is 48.8. The molecule has 0 amide bonds. The summed E-state index contributed by atoms with van der Waals surface area (Å²) in [6.45, 7) is 6.18. The number of ether oxygens (including phenoxy) is 3. The highest BCUT2D eigenvalue weighted by Crippen LogP contribution is 2.12. The SMILES string of the molecule is CC\C=C/C=C\C=C/C=C\C=C\C=C/C=C\CCCCCC(=O)OCC(COC(=O)CCCCCCC/C=C\CCCC)OC(=O)CCCCC\C=C/C=C\C=C\C=C/C=C\C=C/C=C\CC. The summed E-state index contributed by atoms with van der Waals surface area (Å²) in [6, 6.07) is 0. The van der Waals surface area contributed by atoms with Gasteiger partial charge in [-0.25, -0.2) is 0 Å². The molecule has 0 aliphatic heterocycles. The van der Waals surface area contributed by atoms with Gasteiger partial charge in [0.25, 0.3) is 0 Å². The van der Waals surface area contributed by atoms with E-state index < -0.39 is 6.10 Å². The molecule has 0 N–H and O–H groups in total. The van der Waals surface area contributed by atoms with Crippen LogP contribution in [0.4, 0.5) is 0 Å². The van der Waals surface area contributed by atoms with E-state index in [4.69, 9.17) is 14.2 Å². The molecule has 6 nitrogen and oxygen atoms in total. The molecular formula is C61H88O6. The number of carbonyl (C=O) groups excluding carboxylic acids is 3. The average molecular weight is 917 g/mol. The minimum Gasteiger partial charge on any atom is -0.462 e. The van der Waals surface area contributed by atoms with E-state index in [9.17, 15) is 14.4 Å². The molecule has 0 bridgehead atoms. The van der Waals surface area contributed by atoms with E-state index in [1.165, 1.54) is 19.3 Å². The van der Waals surface area contributed by atoms with Crippen LogP contribution >= 0.6 is 0 Å². The van der Waals surface area contributed by atoms with Crippen LogP contribution in [0.25, 0.3) is 0 Å². The molecule has 368 valence electrons. The lowest BCUT2D eigenvalue weighted by Gasteiger charge is -2.18. The molecule has 0 aromatic heterocycles. The van der Waals surface area contributed by atoms with E-state index in [2.05, 4.69) is 57.2 Å². The lowest BCUT2D eigenvalue weighted by Crippen LogP contribution is -2.30. The number of unbranched alkanes of at least 4 members (excludes halogenated alkanes) is 13. The van der Waals surface area contributed by atoms with E-state index in [1.807, 2.05) is 146 Å². The summed E-state index contributed by atoms with van der Waals surface area (Å²) in [4.78, 5) is 38.0. The fourth-order valence-corrected chi connectivity index (χ4v) is 5.98. The summed E-state index contributed by atoms with van der Waals surface area (Å²) in [5.74, 6) is -1.05. The van der Waals surface area contributed by atoms with Crippen molar-refractivity contribution in [3.05, 3.63) is 182 Å². The van der Waals surface area contributed by atoms with E-state index in [0.717, 1.165) is 89.9 Å². The molecule has 0 heterocycles. The fraction of sp³-hybridized carbons (Fsp3) is 0.459. The van der Waals surface area contributed by atoms with Gasteiger partial charge in [0.05, 0.1) is 0 Å². The summed E-state index contributed by atoms with van der Waals surface area (Å²) >= 11 is 0. The van der Waals surface area contributed by atoms with Gasteiger partial charge in [0, 0.05) is 19.3 Å². The van der Waals surface area contributed by atoms with E-state index in [-0.39, 0.29) is 44.0 Å². The van der Waals surface area contributed by atoms with Gasteiger partial charge in [-0.05, 0) is 77.0 Å². The first-order valence-electron chi connectivity index (χ1n) is 25.5. The van der Waals surface area contributed by atoms with Crippen molar-refractivity contribution in [1.82, 2.24) is 0 Å². The van der Waals surface area contributed by atoms with E-state index in [0.29, 0.717) is 19.3 Å². The van der Waals surface area contributed by atoms with Crippen LogP contribution < -0.4 is 0 Å². The number of allylic oxidation sites excluding steroid dienone is 30. The van der Waals surface area contributed by atoms with Gasteiger partial charge < -0.3 is 14.2 Å². The Hall–Kier alpha value is -5.49. The fourth-order valence-electron chi connectivity index (χ4n) is 5.98. The van der Waals surface area contributed by atoms with Crippen molar-refractivity contribution in [1.29, 1.82) is 0 Å². The highest BCUT2D eigenvalue weighted by atomic mass is 16.6. The first-order chi connectivity index (χ1) is 33.0. The lowest BCUT2D eigenvalue weighted by molar-refractivity contribution is -0.167. The Morgan fingerprint density at radius 1 is 0.313 bits per heavy atom. The van der Waals surface area contributed by atoms with Gasteiger partial charge in [-0.2, -0.15) is 0 Å². The number of esters is 3. The molecule has 1 unspecified atom stereocenters. The Bertz CT molecular complexity index is 1670. The summed E-state index contributed by atoms with van der Waals surface area (Å²) in [5.41, 5.74) is 0. The van der Waals surface area contributed by atoms with Crippen LogP contribution in [0.1, 0.15) is 162 Å². The molecule has 0 aliphatic carbocycles. The maximum atomic E-state index is 12.8. The molecule has 0 saturated carbocycles. The van der Waals surface area contributed by atoms with E-state index >= 15 is 0 Å². The Morgan fingerprint density at radius 3 is 0.970 bits per heavy atom. The standard InChI is InChI=1S/C61H88O6/c1-4-7-10-13-16-19-22-24-26-28-30-32-34-36-39-42-45-48-51-54-60(63)66-57-58(56-65-59(62)53-50-47-44-41-38-21-18-15-12-9-6-3)67-61(64)55-52-49-46-43-40-37-35-33-31-29-27-25-23-20-17-14-11-8-5-2/h7-8,10-11,13-20,22-37,39-40,58H,4-6,9,12,21,38,41-57H2,1-3H3/b10-7-,11-8-,16-13-,17-14-,18-15-,22-19-,23-20-,26-24-,27-25-,30-28+,31-29+,34-32-,35-33-,39-36-,40-37-. The second kappa shape index (κ2) is 53.1. The zero-order valence-electron chi connectivity index (χ0n) is 41.8. The minimum atomic E-state index is -0.835. The molecule has 0 aromatic carbocycles. The molecule has 0 radical (unpaired) electrons. The number of rotatable bonds is 42. The lowest BCUT2D eigenvalue weighted by atomic mass is 10.1. The highest BCUT2D eigenvalue weighted by Gasteiger charge is 2.19. The number of hydrogen-bond acceptors (Lipinski definition) is 6. The van der Waals surface area contributed by atoms with Crippen LogP contribution in [0, 0.1) is 0 Å². The monoisotopic (exact) mass is 917 g/mol. The Labute approximate surface area is 408 Å². The zero-order valence-corrected chi connectivity index (χ0v) is 41.8. The summed E-state index contributed by atoms with van der Waals surface area (Å²) in [6.07, 6.45) is 80.0. The smallest absolute Gasteiger partial charge is 0.306 e. The predicted molar refractivity (Wildman–Crippen MR) is 287 cm³/mol. The third kappa shape index (κ3) is 51.4. The normalized spacial score (nSPS) is 13.7. The van der Waals surface area contributed by atoms with Gasteiger partial charge in [-0.1, -0.05) is 248 Å². The van der Waals surface area contributed by atoms with E-state index in [1.54, 1.807) is 0 Å². The second-order valence-corrected chi connectivity index (χ2v) is 16.0. The maximum absolute atomic E-state index is 12.8. The first-order valence-corrected chi connectivity index (χ1v) is 25.5. The summed E-state index contributed by atoms with van der Waals surface area (Å²) < 4.78 is 16.7. The van der Waals surface area contributed by atoms with Gasteiger partial charge in [-0.3, -0.25) is 14.4 Å². The van der Waals surface area contributed by atoms with Crippen LogP contribution in [0.5, 0.6) is 0 Å². The topological polar surface area (TPSA) is 78.9 Å². The van der Waals surface area contributed by atoms with Crippen molar-refractivity contribution in [3.8, 4) is 0 Å². The molecule has 0 fully saturated rings. The molecule has 67 heavy (non-hydrogen) atoms. The van der Waals surface area contributed by atoms with Crippen molar-refractivity contribution in [2.45, 2.75) is 168 Å². The van der Waals surface area contributed by atoms with Crippen LogP contribution in [0.2, 0.25) is 0 Å². The largest absolute Gasteiger partial charge is 0.462 e. The van der Waals surface area contributed by atoms with Crippen molar-refractivity contribution in [3.63, 3.8) is 0 Å². The minimum absolute atomic E-state index is 0.127. The molecule has 0 aromatic rings. The van der Waals surface area contributed by atoms with Crippen LogP contribution in [0.15, 0.2) is 182 Å². The molecule has 0 rings (SSSR count). The highest BCUT2D eigenvalue weighted by molar-refractivity contribution is 5.71. The Morgan fingerprint density at radius 2 is 0.597 bits per heavy atom. The summed E-state index contributed by atoms with van der Waals surface area (Å²) in [5, 5.41) is 0. The summed E-state index contributed by atoms with van der Waals surface area (Å²) in [7, 11) is 0. The van der Waals surface area contributed by atoms with Crippen molar-refractivity contribution < 1.29 is 28.6 Å². The van der Waals surface area contributed by atoms with Crippen molar-refractivity contribution in [2.75, 3.05) is 13.2 Å². The van der Waals surface area contributed by atoms with Gasteiger partial charge in [0.2, 0.25) is 0 Å². The van der Waals surface area contributed by atoms with Gasteiger partial charge >= 0.3 is 17.9 Å². The molecule has 0 aliphatic rings. The molecule has 6 heteroatoms. The number of hydrogen-bond donors (Lipinski definition) is 0. The molecule has 0 saturated heterocycles. The quantitative estimate of drug-likeness (QED) is 0.0200. The Balaban J connectivity index is 4.65. The predicted octanol–water partition coefficient (Wildman–Crippen LogP) is 17.0. The first kappa shape index (κ1) is 61.5. The van der Waals surface area contributed by atoms with Crippen molar-refractivity contribution in [2.24, 2.45) is 0 Å². The second-order valence-electron chi connectivity index (χ2n) is 16.0. The van der Waals surface area contributed by atoms with Crippen LogP contribution in [-0.4, -0.2) is 37.2 Å².